The standard InChI is InChI=1S/C19H13F2N7/c1-27-10-8-16(25-27)15-6-7-17-23-24-18(28(17)26-15)19(20,21)13-4-5-14-12(11-13)3-2-9-22-14/h2-11H,1H3. The maximum atomic E-state index is 15.3. The molecule has 0 atom stereocenters. The summed E-state index contributed by atoms with van der Waals surface area (Å²) in [7, 11) is 1.77. The molecule has 1 aromatic carbocycles. The van der Waals surface area contributed by atoms with Gasteiger partial charge in [-0.15, -0.1) is 10.2 Å². The van der Waals surface area contributed by atoms with E-state index in [1.165, 1.54) is 12.1 Å². The normalized spacial score (nSPS) is 12.1. The third kappa shape index (κ3) is 2.51. The summed E-state index contributed by atoms with van der Waals surface area (Å²) in [4.78, 5) is 4.16. The molecule has 0 saturated heterocycles. The minimum atomic E-state index is -3.39. The third-order valence-corrected chi connectivity index (χ3v) is 4.49. The molecule has 4 heterocycles. The molecule has 138 valence electrons. The summed E-state index contributed by atoms with van der Waals surface area (Å²) in [5.41, 5.74) is 1.70. The summed E-state index contributed by atoms with van der Waals surface area (Å²) in [6.45, 7) is 0. The number of pyridine rings is 1. The number of benzene rings is 1. The van der Waals surface area contributed by atoms with E-state index >= 15 is 8.78 Å². The number of alkyl halides is 2. The largest absolute Gasteiger partial charge is 0.333 e. The van der Waals surface area contributed by atoms with Crippen LogP contribution in [0.5, 0.6) is 0 Å². The zero-order valence-corrected chi connectivity index (χ0v) is 14.7. The van der Waals surface area contributed by atoms with Crippen molar-refractivity contribution in [3.05, 3.63) is 72.3 Å². The first kappa shape index (κ1) is 16.4. The molecular weight excluding hydrogens is 364 g/mol. The highest BCUT2D eigenvalue weighted by Crippen LogP contribution is 2.35. The van der Waals surface area contributed by atoms with Gasteiger partial charge in [0.1, 0.15) is 11.4 Å². The van der Waals surface area contributed by atoms with Crippen molar-refractivity contribution in [2.45, 2.75) is 5.92 Å². The van der Waals surface area contributed by atoms with E-state index < -0.39 is 11.7 Å². The molecule has 0 spiro atoms. The zero-order chi connectivity index (χ0) is 19.3. The highest BCUT2D eigenvalue weighted by molar-refractivity contribution is 5.79. The van der Waals surface area contributed by atoms with E-state index in [4.69, 9.17) is 0 Å². The van der Waals surface area contributed by atoms with Crippen LogP contribution in [0.4, 0.5) is 8.78 Å². The van der Waals surface area contributed by atoms with E-state index in [1.807, 2.05) is 0 Å². The Balaban J connectivity index is 1.65. The Hall–Kier alpha value is -3.75. The minimum absolute atomic E-state index is 0.202. The molecule has 0 aliphatic heterocycles. The fraction of sp³-hybridized carbons (Fsp3) is 0.105. The zero-order valence-electron chi connectivity index (χ0n) is 14.7. The number of rotatable bonds is 3. The van der Waals surface area contributed by atoms with Crippen molar-refractivity contribution in [3.8, 4) is 11.4 Å². The lowest BCUT2D eigenvalue weighted by Gasteiger charge is -2.15. The molecule has 28 heavy (non-hydrogen) atoms. The van der Waals surface area contributed by atoms with Gasteiger partial charge in [0.15, 0.2) is 5.65 Å². The predicted octanol–water partition coefficient (Wildman–Crippen LogP) is 3.21. The molecule has 0 aliphatic rings. The molecule has 0 saturated carbocycles. The smallest absolute Gasteiger partial charge is 0.275 e. The SMILES string of the molecule is Cn1ccc(-c2ccc3nnc(C(F)(F)c4ccc5ncccc5c4)n3n2)n1. The quantitative estimate of drug-likeness (QED) is 0.483. The van der Waals surface area contributed by atoms with Crippen LogP contribution in [0.3, 0.4) is 0 Å². The maximum Gasteiger partial charge on any atom is 0.333 e. The predicted molar refractivity (Wildman–Crippen MR) is 97.7 cm³/mol. The van der Waals surface area contributed by atoms with Crippen LogP contribution in [-0.4, -0.2) is 34.6 Å². The minimum Gasteiger partial charge on any atom is -0.275 e. The van der Waals surface area contributed by atoms with Crippen LogP contribution in [0.1, 0.15) is 11.4 Å². The average molecular weight is 377 g/mol. The first-order valence-electron chi connectivity index (χ1n) is 8.48. The summed E-state index contributed by atoms with van der Waals surface area (Å²) in [5, 5.41) is 16.7. The number of hydrogen-bond acceptors (Lipinski definition) is 5. The molecule has 0 radical (unpaired) electrons. The van der Waals surface area contributed by atoms with E-state index in [0.717, 1.165) is 4.52 Å². The lowest BCUT2D eigenvalue weighted by Crippen LogP contribution is -2.20. The van der Waals surface area contributed by atoms with Crippen LogP contribution in [-0.2, 0) is 13.0 Å². The summed E-state index contributed by atoms with van der Waals surface area (Å²) in [6, 6.07) is 12.8. The number of nitrogens with zero attached hydrogens (tertiary/aromatic N) is 7. The molecule has 5 rings (SSSR count). The van der Waals surface area contributed by atoms with Crippen LogP contribution in [0.2, 0.25) is 0 Å². The summed E-state index contributed by atoms with van der Waals surface area (Å²) >= 11 is 0. The number of aromatic nitrogens is 7. The molecule has 7 nitrogen and oxygen atoms in total. The van der Waals surface area contributed by atoms with Crippen LogP contribution < -0.4 is 0 Å². The number of hydrogen-bond donors (Lipinski definition) is 0. The first-order valence-corrected chi connectivity index (χ1v) is 8.48. The Morgan fingerprint density at radius 3 is 2.61 bits per heavy atom. The number of aryl methyl sites for hydroxylation is 1. The van der Waals surface area contributed by atoms with Gasteiger partial charge in [-0.05, 0) is 36.4 Å². The van der Waals surface area contributed by atoms with Gasteiger partial charge >= 0.3 is 5.92 Å². The van der Waals surface area contributed by atoms with Gasteiger partial charge in [-0.3, -0.25) is 9.67 Å². The van der Waals surface area contributed by atoms with Crippen molar-refractivity contribution in [3.63, 3.8) is 0 Å². The van der Waals surface area contributed by atoms with Crippen LogP contribution in [0.15, 0.2) is 60.9 Å². The molecule has 0 bridgehead atoms. The summed E-state index contributed by atoms with van der Waals surface area (Å²) in [6.07, 6.45) is 3.38. The molecule has 4 aromatic heterocycles. The van der Waals surface area contributed by atoms with Crippen LogP contribution in [0, 0.1) is 0 Å². The van der Waals surface area contributed by atoms with E-state index in [1.54, 1.807) is 60.5 Å². The Kier molecular flexibility index (Phi) is 3.45. The van der Waals surface area contributed by atoms with Crippen molar-refractivity contribution >= 4 is 16.6 Å². The first-order chi connectivity index (χ1) is 13.5. The van der Waals surface area contributed by atoms with Crippen molar-refractivity contribution in [1.29, 1.82) is 0 Å². The molecular formula is C19H13F2N7. The van der Waals surface area contributed by atoms with Gasteiger partial charge in [0.2, 0.25) is 5.82 Å². The molecule has 9 heteroatoms. The van der Waals surface area contributed by atoms with Crippen LogP contribution >= 0.6 is 0 Å². The van der Waals surface area contributed by atoms with Crippen molar-refractivity contribution in [2.75, 3.05) is 0 Å². The Labute approximate surface area is 157 Å². The second kappa shape index (κ2) is 5.88. The third-order valence-electron chi connectivity index (χ3n) is 4.49. The topological polar surface area (TPSA) is 73.8 Å². The average Bonchev–Trinajstić information content (AvgIpc) is 3.33. The molecule has 0 fully saturated rings. The lowest BCUT2D eigenvalue weighted by molar-refractivity contribution is 0.0307. The van der Waals surface area contributed by atoms with Crippen LogP contribution in [0.25, 0.3) is 27.9 Å². The number of halogens is 2. The monoisotopic (exact) mass is 377 g/mol. The fourth-order valence-electron chi connectivity index (χ4n) is 3.07. The molecule has 5 aromatic rings. The van der Waals surface area contributed by atoms with Crippen molar-refractivity contribution < 1.29 is 8.78 Å². The van der Waals surface area contributed by atoms with E-state index in [9.17, 15) is 0 Å². The van der Waals surface area contributed by atoms with Gasteiger partial charge in [-0.1, -0.05) is 12.1 Å². The van der Waals surface area contributed by atoms with E-state index in [-0.39, 0.29) is 11.2 Å². The highest BCUT2D eigenvalue weighted by Gasteiger charge is 2.40. The van der Waals surface area contributed by atoms with Gasteiger partial charge in [0, 0.05) is 30.4 Å². The van der Waals surface area contributed by atoms with Gasteiger partial charge in [-0.25, -0.2) is 0 Å². The fourth-order valence-corrected chi connectivity index (χ4v) is 3.07. The van der Waals surface area contributed by atoms with Crippen molar-refractivity contribution in [1.82, 2.24) is 34.6 Å². The van der Waals surface area contributed by atoms with Gasteiger partial charge < -0.3 is 0 Å². The Morgan fingerprint density at radius 2 is 1.79 bits per heavy atom. The van der Waals surface area contributed by atoms with Gasteiger partial charge in [0.05, 0.1) is 5.52 Å². The van der Waals surface area contributed by atoms with E-state index in [2.05, 4.69) is 25.4 Å². The molecule has 0 aliphatic carbocycles. The van der Waals surface area contributed by atoms with Gasteiger partial charge in [-0.2, -0.15) is 23.5 Å². The summed E-state index contributed by atoms with van der Waals surface area (Å²) in [5.74, 6) is -3.94. The molecule has 0 unspecified atom stereocenters. The maximum absolute atomic E-state index is 15.3. The van der Waals surface area contributed by atoms with E-state index in [0.29, 0.717) is 22.3 Å². The Morgan fingerprint density at radius 1 is 0.929 bits per heavy atom. The second-order valence-electron chi connectivity index (χ2n) is 6.37. The second-order valence-corrected chi connectivity index (χ2v) is 6.37. The Bertz CT molecular complexity index is 1320. The molecule has 0 amide bonds. The lowest BCUT2D eigenvalue weighted by atomic mass is 10.0. The summed E-state index contributed by atoms with van der Waals surface area (Å²) < 4.78 is 33.3. The number of fused-ring (bicyclic) bond motifs is 2. The van der Waals surface area contributed by atoms with Gasteiger partial charge in [0.25, 0.3) is 0 Å². The molecule has 0 N–H and O–H groups in total. The van der Waals surface area contributed by atoms with Crippen molar-refractivity contribution in [2.24, 2.45) is 7.05 Å². The highest BCUT2D eigenvalue weighted by atomic mass is 19.3.